The van der Waals surface area contributed by atoms with E-state index in [9.17, 15) is 4.79 Å². The minimum atomic E-state index is 0.512. The molecule has 0 bridgehead atoms. The first-order valence-corrected chi connectivity index (χ1v) is 6.11. The fourth-order valence-electron chi connectivity index (χ4n) is 2.24. The highest BCUT2D eigenvalue weighted by Gasteiger charge is 2.18. The molecule has 0 saturated carbocycles. The third-order valence-corrected chi connectivity index (χ3v) is 3.35. The Morgan fingerprint density at radius 2 is 2.12 bits per heavy atom. The molecule has 5 heteroatoms. The summed E-state index contributed by atoms with van der Waals surface area (Å²) in [5, 5.41) is 3.46. The predicted octanol–water partition coefficient (Wildman–Crippen LogP) is -0.861. The molecule has 2 heterocycles. The van der Waals surface area contributed by atoms with E-state index in [2.05, 4.69) is 10.2 Å². The molecule has 1 unspecified atom stereocenters. The zero-order valence-corrected chi connectivity index (χ0v) is 9.73. The summed E-state index contributed by atoms with van der Waals surface area (Å²) in [5.41, 5.74) is 0. The highest BCUT2D eigenvalue weighted by Crippen LogP contribution is 2.04. The van der Waals surface area contributed by atoms with Gasteiger partial charge in [0.2, 0.25) is 6.41 Å². The van der Waals surface area contributed by atoms with Crippen molar-refractivity contribution >= 4 is 6.41 Å². The molecule has 0 aromatic carbocycles. The van der Waals surface area contributed by atoms with Crippen LogP contribution in [0.1, 0.15) is 6.42 Å². The van der Waals surface area contributed by atoms with Crippen molar-refractivity contribution in [2.75, 3.05) is 52.5 Å². The van der Waals surface area contributed by atoms with Crippen LogP contribution in [0.4, 0.5) is 0 Å². The quantitative estimate of drug-likeness (QED) is 0.635. The van der Waals surface area contributed by atoms with Crippen molar-refractivity contribution in [2.45, 2.75) is 12.5 Å². The van der Waals surface area contributed by atoms with Gasteiger partial charge in [-0.3, -0.25) is 9.69 Å². The monoisotopic (exact) mass is 227 g/mol. The number of hydrogen-bond acceptors (Lipinski definition) is 4. The lowest BCUT2D eigenvalue weighted by Crippen LogP contribution is -2.48. The summed E-state index contributed by atoms with van der Waals surface area (Å²) in [4.78, 5) is 14.8. The van der Waals surface area contributed by atoms with E-state index in [0.29, 0.717) is 6.04 Å². The first kappa shape index (κ1) is 11.8. The van der Waals surface area contributed by atoms with E-state index in [-0.39, 0.29) is 0 Å². The van der Waals surface area contributed by atoms with Gasteiger partial charge in [-0.05, 0) is 13.0 Å². The molecule has 5 nitrogen and oxygen atoms in total. The van der Waals surface area contributed by atoms with Crippen molar-refractivity contribution in [3.63, 3.8) is 0 Å². The third kappa shape index (κ3) is 3.43. The van der Waals surface area contributed by atoms with Crippen molar-refractivity contribution in [1.82, 2.24) is 15.1 Å². The second kappa shape index (κ2) is 6.18. The van der Waals surface area contributed by atoms with E-state index in [4.69, 9.17) is 4.74 Å². The fourth-order valence-corrected chi connectivity index (χ4v) is 2.24. The van der Waals surface area contributed by atoms with E-state index < -0.39 is 0 Å². The molecule has 1 N–H and O–H groups in total. The molecule has 1 amide bonds. The summed E-state index contributed by atoms with van der Waals surface area (Å²) in [6, 6.07) is 0.512. The Morgan fingerprint density at radius 1 is 1.31 bits per heavy atom. The molecular weight excluding hydrogens is 206 g/mol. The first-order chi connectivity index (χ1) is 7.88. The number of nitrogens with zero attached hydrogens (tertiary/aromatic N) is 2. The zero-order chi connectivity index (χ0) is 11.2. The van der Waals surface area contributed by atoms with Crippen LogP contribution in [0.25, 0.3) is 0 Å². The number of carbonyl (C=O) groups excluding carboxylic acids is 1. The molecule has 2 aliphatic rings. The van der Waals surface area contributed by atoms with Gasteiger partial charge in [0, 0.05) is 38.8 Å². The van der Waals surface area contributed by atoms with Crippen molar-refractivity contribution in [3.05, 3.63) is 0 Å². The van der Waals surface area contributed by atoms with Crippen LogP contribution >= 0.6 is 0 Å². The maximum absolute atomic E-state index is 10.6. The molecule has 0 spiro atoms. The highest BCUT2D eigenvalue weighted by atomic mass is 16.5. The minimum Gasteiger partial charge on any atom is -0.379 e. The number of ether oxygens (including phenoxy) is 1. The molecular formula is C11H21N3O2. The number of morpholine rings is 1. The van der Waals surface area contributed by atoms with E-state index in [1.165, 1.54) is 0 Å². The lowest BCUT2D eigenvalue weighted by molar-refractivity contribution is -0.119. The number of hydrogen-bond donors (Lipinski definition) is 1. The van der Waals surface area contributed by atoms with Crippen molar-refractivity contribution in [2.24, 2.45) is 0 Å². The lowest BCUT2D eigenvalue weighted by Gasteiger charge is -2.34. The maximum Gasteiger partial charge on any atom is 0.209 e. The van der Waals surface area contributed by atoms with Crippen LogP contribution in [0.5, 0.6) is 0 Å². The highest BCUT2D eigenvalue weighted by molar-refractivity contribution is 5.47. The van der Waals surface area contributed by atoms with Gasteiger partial charge >= 0.3 is 0 Å². The van der Waals surface area contributed by atoms with E-state index in [1.54, 1.807) is 0 Å². The van der Waals surface area contributed by atoms with Gasteiger partial charge in [0.1, 0.15) is 0 Å². The smallest absolute Gasteiger partial charge is 0.209 e. The molecule has 16 heavy (non-hydrogen) atoms. The van der Waals surface area contributed by atoms with Crippen LogP contribution in [0, 0.1) is 0 Å². The summed E-state index contributed by atoms with van der Waals surface area (Å²) in [7, 11) is 0. The summed E-state index contributed by atoms with van der Waals surface area (Å²) < 4.78 is 5.42. The Hall–Kier alpha value is -0.650. The van der Waals surface area contributed by atoms with Gasteiger partial charge in [0.15, 0.2) is 0 Å². The Morgan fingerprint density at radius 3 is 2.75 bits per heavy atom. The number of carbonyl (C=O) groups is 1. The van der Waals surface area contributed by atoms with Crippen LogP contribution in [0.15, 0.2) is 0 Å². The Balaban J connectivity index is 1.61. The zero-order valence-electron chi connectivity index (χ0n) is 9.73. The van der Waals surface area contributed by atoms with E-state index >= 15 is 0 Å². The third-order valence-electron chi connectivity index (χ3n) is 3.35. The number of rotatable bonds is 4. The van der Waals surface area contributed by atoms with Gasteiger partial charge in [0.25, 0.3) is 0 Å². The van der Waals surface area contributed by atoms with Gasteiger partial charge in [-0.1, -0.05) is 0 Å². The average molecular weight is 227 g/mol. The largest absolute Gasteiger partial charge is 0.379 e. The average Bonchev–Trinajstić information content (AvgIpc) is 2.38. The minimum absolute atomic E-state index is 0.512. The maximum atomic E-state index is 10.6. The van der Waals surface area contributed by atoms with Gasteiger partial charge in [0.05, 0.1) is 13.2 Å². The molecule has 2 rings (SSSR count). The predicted molar refractivity (Wildman–Crippen MR) is 61.3 cm³/mol. The number of piperazine rings is 1. The van der Waals surface area contributed by atoms with Gasteiger partial charge in [-0.15, -0.1) is 0 Å². The Kier molecular flexibility index (Phi) is 4.56. The standard InChI is InChI=1S/C11H21N3O2/c15-10-14-6-4-13(5-7-14)3-1-11-9-16-8-2-12-11/h10-12H,1-9H2. The normalized spacial score (nSPS) is 28.0. The summed E-state index contributed by atoms with van der Waals surface area (Å²) in [6.07, 6.45) is 2.09. The Bertz CT molecular complexity index is 211. The molecule has 1 atom stereocenters. The molecule has 0 aromatic heterocycles. The van der Waals surface area contributed by atoms with Crippen LogP contribution < -0.4 is 5.32 Å². The molecule has 2 saturated heterocycles. The molecule has 2 aliphatic heterocycles. The lowest BCUT2D eigenvalue weighted by atomic mass is 10.2. The fraction of sp³-hybridized carbons (Fsp3) is 0.909. The molecule has 2 fully saturated rings. The first-order valence-electron chi connectivity index (χ1n) is 6.11. The second-order valence-electron chi connectivity index (χ2n) is 4.50. The Labute approximate surface area is 96.7 Å². The van der Waals surface area contributed by atoms with Gasteiger partial charge < -0.3 is 15.0 Å². The summed E-state index contributed by atoms with van der Waals surface area (Å²) in [6.45, 7) is 7.52. The van der Waals surface area contributed by atoms with Crippen molar-refractivity contribution < 1.29 is 9.53 Å². The van der Waals surface area contributed by atoms with Gasteiger partial charge in [-0.2, -0.15) is 0 Å². The topological polar surface area (TPSA) is 44.8 Å². The summed E-state index contributed by atoms with van der Waals surface area (Å²) in [5.74, 6) is 0. The van der Waals surface area contributed by atoms with Crippen molar-refractivity contribution in [3.8, 4) is 0 Å². The molecule has 92 valence electrons. The molecule has 0 aliphatic carbocycles. The van der Waals surface area contributed by atoms with Crippen molar-refractivity contribution in [1.29, 1.82) is 0 Å². The van der Waals surface area contributed by atoms with Crippen LogP contribution in [-0.2, 0) is 9.53 Å². The van der Waals surface area contributed by atoms with Crippen LogP contribution in [-0.4, -0.2) is 74.7 Å². The SMILES string of the molecule is O=CN1CCN(CCC2COCCN2)CC1. The summed E-state index contributed by atoms with van der Waals surface area (Å²) >= 11 is 0. The molecule has 0 aromatic rings. The van der Waals surface area contributed by atoms with Crippen LogP contribution in [0.2, 0.25) is 0 Å². The molecule has 0 radical (unpaired) electrons. The second-order valence-corrected chi connectivity index (χ2v) is 4.50. The van der Waals surface area contributed by atoms with E-state index in [0.717, 1.165) is 65.3 Å². The van der Waals surface area contributed by atoms with Crippen LogP contribution in [0.3, 0.4) is 0 Å². The number of amides is 1. The van der Waals surface area contributed by atoms with Gasteiger partial charge in [-0.25, -0.2) is 0 Å². The van der Waals surface area contributed by atoms with E-state index in [1.807, 2.05) is 4.90 Å². The number of nitrogens with one attached hydrogen (secondary N) is 1.